The fourth-order valence-corrected chi connectivity index (χ4v) is 2.22. The predicted molar refractivity (Wildman–Crippen MR) is 61.1 cm³/mol. The average molecular weight is 218 g/mol. The number of hydrogen-bond acceptors (Lipinski definition) is 4. The molecule has 0 fully saturated rings. The van der Waals surface area contributed by atoms with Crippen LogP contribution in [0.3, 0.4) is 0 Å². The number of aromatic amines is 1. The number of benzene rings is 1. The van der Waals surface area contributed by atoms with Gasteiger partial charge in [0.2, 0.25) is 0 Å². The first kappa shape index (κ1) is 8.79. The van der Waals surface area contributed by atoms with Crippen molar-refractivity contribution in [3.63, 3.8) is 0 Å². The highest BCUT2D eigenvalue weighted by atomic mass is 32.1. The van der Waals surface area contributed by atoms with Gasteiger partial charge in [0, 0.05) is 18.1 Å². The van der Waals surface area contributed by atoms with Crippen LogP contribution in [-0.4, -0.2) is 18.7 Å². The van der Waals surface area contributed by atoms with E-state index in [1.165, 1.54) is 11.7 Å². The van der Waals surface area contributed by atoms with Gasteiger partial charge in [-0.3, -0.25) is 4.37 Å². The molecule has 0 saturated heterocycles. The lowest BCUT2D eigenvalue weighted by Gasteiger charge is -1.86. The molecule has 1 aromatic carbocycles. The van der Waals surface area contributed by atoms with E-state index >= 15 is 0 Å². The van der Waals surface area contributed by atoms with E-state index in [-0.39, 0.29) is 0 Å². The minimum atomic E-state index is 0.934. The van der Waals surface area contributed by atoms with Crippen LogP contribution in [0.25, 0.3) is 22.1 Å². The topological polar surface area (TPSA) is 54.5 Å². The molecule has 0 aliphatic rings. The summed E-state index contributed by atoms with van der Waals surface area (Å²) in [7, 11) is 0. The third kappa shape index (κ3) is 1.39. The van der Waals surface area contributed by atoms with E-state index in [4.69, 9.17) is 0 Å². The summed E-state index contributed by atoms with van der Waals surface area (Å²) in [5.74, 6) is 0.934. The SMILES string of the molecule is CCCc1nc2cc3ns[nH]c3cc2n1. The maximum Gasteiger partial charge on any atom is 0.129 e. The Labute approximate surface area is 90.7 Å². The molecule has 2 aromatic heterocycles. The van der Waals surface area contributed by atoms with Gasteiger partial charge in [-0.25, -0.2) is 9.97 Å². The number of aromatic nitrogens is 4. The molecule has 0 aliphatic carbocycles. The minimum absolute atomic E-state index is 0.934. The van der Waals surface area contributed by atoms with E-state index in [1.807, 2.05) is 12.1 Å². The third-order valence-electron chi connectivity index (χ3n) is 2.37. The zero-order valence-electron chi connectivity index (χ0n) is 8.32. The minimum Gasteiger partial charge on any atom is -0.293 e. The number of H-pyrrole nitrogens is 1. The molecule has 2 heterocycles. The molecular formula is C10H10N4S. The quantitative estimate of drug-likeness (QED) is 0.719. The molecule has 0 spiro atoms. The lowest BCUT2D eigenvalue weighted by atomic mass is 10.3. The van der Waals surface area contributed by atoms with Gasteiger partial charge in [-0.15, -0.1) is 0 Å². The van der Waals surface area contributed by atoms with Crippen LogP contribution >= 0.6 is 11.7 Å². The van der Waals surface area contributed by atoms with Crippen LogP contribution in [-0.2, 0) is 6.42 Å². The summed E-state index contributed by atoms with van der Waals surface area (Å²) in [5.41, 5.74) is 3.92. The fourth-order valence-electron chi connectivity index (χ4n) is 1.66. The van der Waals surface area contributed by atoms with Crippen LogP contribution in [0.1, 0.15) is 19.2 Å². The first-order valence-electron chi connectivity index (χ1n) is 4.97. The van der Waals surface area contributed by atoms with Crippen molar-refractivity contribution in [2.45, 2.75) is 19.8 Å². The monoisotopic (exact) mass is 218 g/mol. The van der Waals surface area contributed by atoms with Crippen molar-refractivity contribution in [2.24, 2.45) is 0 Å². The van der Waals surface area contributed by atoms with E-state index < -0.39 is 0 Å². The summed E-state index contributed by atoms with van der Waals surface area (Å²) in [6, 6.07) is 4.00. The molecule has 0 atom stereocenters. The summed E-state index contributed by atoms with van der Waals surface area (Å²) in [4.78, 5) is 8.95. The van der Waals surface area contributed by atoms with Gasteiger partial charge in [0.25, 0.3) is 0 Å². The Bertz CT molecular complexity index is 562. The Balaban J connectivity index is 2.24. The second kappa shape index (κ2) is 3.27. The molecule has 3 rings (SSSR count). The summed E-state index contributed by atoms with van der Waals surface area (Å²) < 4.78 is 7.36. The lowest BCUT2D eigenvalue weighted by Crippen LogP contribution is -1.83. The number of hydrogen-bond donors (Lipinski definition) is 1. The van der Waals surface area contributed by atoms with Crippen molar-refractivity contribution in [1.29, 1.82) is 0 Å². The molecular weight excluding hydrogens is 208 g/mol. The van der Waals surface area contributed by atoms with Crippen molar-refractivity contribution in [3.8, 4) is 0 Å². The molecule has 0 aliphatic heterocycles. The van der Waals surface area contributed by atoms with Gasteiger partial charge in [-0.1, -0.05) is 6.92 Å². The number of aryl methyl sites for hydroxylation is 1. The highest BCUT2D eigenvalue weighted by molar-refractivity contribution is 7.00. The van der Waals surface area contributed by atoms with Crippen molar-refractivity contribution < 1.29 is 0 Å². The van der Waals surface area contributed by atoms with Crippen LogP contribution < -0.4 is 0 Å². The Morgan fingerprint density at radius 1 is 1.20 bits per heavy atom. The Morgan fingerprint density at radius 2 is 2.00 bits per heavy atom. The molecule has 0 radical (unpaired) electrons. The zero-order chi connectivity index (χ0) is 10.3. The zero-order valence-corrected chi connectivity index (χ0v) is 9.14. The van der Waals surface area contributed by atoms with Gasteiger partial charge in [0.15, 0.2) is 0 Å². The average Bonchev–Trinajstić information content (AvgIpc) is 2.78. The molecule has 0 amide bonds. The van der Waals surface area contributed by atoms with Crippen molar-refractivity contribution in [1.82, 2.24) is 18.7 Å². The highest BCUT2D eigenvalue weighted by Gasteiger charge is 2.06. The van der Waals surface area contributed by atoms with E-state index in [9.17, 15) is 0 Å². The van der Waals surface area contributed by atoms with Crippen molar-refractivity contribution in [2.75, 3.05) is 0 Å². The summed E-state index contributed by atoms with van der Waals surface area (Å²) >= 11 is 1.35. The van der Waals surface area contributed by atoms with E-state index in [2.05, 4.69) is 25.6 Å². The molecule has 0 saturated carbocycles. The third-order valence-corrected chi connectivity index (χ3v) is 2.96. The van der Waals surface area contributed by atoms with Crippen LogP contribution in [0.4, 0.5) is 0 Å². The summed E-state index contributed by atoms with van der Waals surface area (Å²) in [6.07, 6.45) is 2.02. The van der Waals surface area contributed by atoms with Crippen LogP contribution in [0.15, 0.2) is 12.1 Å². The van der Waals surface area contributed by atoms with Gasteiger partial charge in [0.05, 0.1) is 16.6 Å². The van der Waals surface area contributed by atoms with Crippen molar-refractivity contribution in [3.05, 3.63) is 18.0 Å². The van der Waals surface area contributed by atoms with E-state index in [1.54, 1.807) is 0 Å². The van der Waals surface area contributed by atoms with Gasteiger partial charge >= 0.3 is 0 Å². The van der Waals surface area contributed by atoms with Crippen LogP contribution in [0.5, 0.6) is 0 Å². The smallest absolute Gasteiger partial charge is 0.129 e. The van der Waals surface area contributed by atoms with Crippen LogP contribution in [0.2, 0.25) is 0 Å². The Kier molecular flexibility index (Phi) is 1.92. The fraction of sp³-hybridized carbons (Fsp3) is 0.300. The van der Waals surface area contributed by atoms with E-state index in [0.717, 1.165) is 40.7 Å². The standard InChI is InChI=1S/C10H10N4S/c1-2-3-10-11-6-4-8-9(14-15-13-8)5-7(6)12-10/h4-5,13H,2-3H2,1H3. The highest BCUT2D eigenvalue weighted by Crippen LogP contribution is 2.19. The largest absolute Gasteiger partial charge is 0.293 e. The predicted octanol–water partition coefficient (Wildman–Crippen LogP) is 2.52. The summed E-state index contributed by atoms with van der Waals surface area (Å²) in [5, 5.41) is 0. The van der Waals surface area contributed by atoms with E-state index in [0.29, 0.717) is 0 Å². The number of imidazole rings is 1. The second-order valence-electron chi connectivity index (χ2n) is 3.53. The lowest BCUT2D eigenvalue weighted by molar-refractivity contribution is 0.861. The van der Waals surface area contributed by atoms with Crippen LogP contribution in [0, 0.1) is 0 Å². The normalized spacial score (nSPS) is 11.5. The molecule has 76 valence electrons. The molecule has 4 nitrogen and oxygen atoms in total. The molecule has 3 aromatic rings. The van der Waals surface area contributed by atoms with Gasteiger partial charge in [-0.05, 0) is 18.6 Å². The van der Waals surface area contributed by atoms with Gasteiger partial charge in [0.1, 0.15) is 11.3 Å². The Hall–Kier alpha value is -1.49. The molecule has 0 unspecified atom stereocenters. The van der Waals surface area contributed by atoms with Crippen molar-refractivity contribution >= 4 is 33.8 Å². The maximum atomic E-state index is 4.48. The number of nitrogens with zero attached hydrogens (tertiary/aromatic N) is 3. The molecule has 0 bridgehead atoms. The maximum absolute atomic E-state index is 4.48. The second-order valence-corrected chi connectivity index (χ2v) is 4.10. The number of nitrogens with one attached hydrogen (secondary N) is 1. The summed E-state index contributed by atoms with van der Waals surface area (Å²) in [6.45, 7) is 2.13. The Morgan fingerprint density at radius 3 is 2.80 bits per heavy atom. The van der Waals surface area contributed by atoms with Gasteiger partial charge in [-0.2, -0.15) is 4.37 Å². The van der Waals surface area contributed by atoms with Gasteiger partial charge < -0.3 is 0 Å². The first-order valence-corrected chi connectivity index (χ1v) is 5.74. The molecule has 5 heteroatoms. The number of fused-ring (bicyclic) bond motifs is 2. The molecule has 15 heavy (non-hydrogen) atoms. The first-order chi connectivity index (χ1) is 7.36. The number of rotatable bonds is 2. The molecule has 1 N–H and O–H groups in total.